The van der Waals surface area contributed by atoms with Crippen LogP contribution in [0.3, 0.4) is 0 Å². The molecule has 2 amide bonds. The highest BCUT2D eigenvalue weighted by Gasteiger charge is 2.30. The quantitative estimate of drug-likeness (QED) is 0.541. The summed E-state index contributed by atoms with van der Waals surface area (Å²) in [5.41, 5.74) is 0.935. The average Bonchev–Trinajstić information content (AvgIpc) is 2.77. The van der Waals surface area contributed by atoms with Gasteiger partial charge in [-0.3, -0.25) is 4.79 Å². The van der Waals surface area contributed by atoms with Crippen molar-refractivity contribution >= 4 is 12.0 Å². The predicted octanol–water partition coefficient (Wildman–Crippen LogP) is 0.695. The maximum Gasteiger partial charge on any atom is 0.317 e. The van der Waals surface area contributed by atoms with Gasteiger partial charge in [-0.1, -0.05) is 12.2 Å². The van der Waals surface area contributed by atoms with Crippen LogP contribution in [-0.2, 0) is 9.53 Å². The number of urea groups is 1. The molecule has 1 atom stereocenters. The minimum absolute atomic E-state index is 0.224. The SMILES string of the molecule is C=C(C)COCCNC(=O)N1CCC(C(=O)O)C1. The number of nitrogens with zero attached hydrogens (tertiary/aromatic N) is 1. The lowest BCUT2D eigenvalue weighted by atomic mass is 10.1. The summed E-state index contributed by atoms with van der Waals surface area (Å²) in [5.74, 6) is -1.27. The van der Waals surface area contributed by atoms with Crippen LogP contribution in [0.4, 0.5) is 4.79 Å². The standard InChI is InChI=1S/C12H20N2O4/c1-9(2)8-18-6-4-13-12(17)14-5-3-10(7-14)11(15)16/h10H,1,3-8H2,2H3,(H,13,17)(H,15,16). The zero-order chi connectivity index (χ0) is 13.5. The molecule has 1 unspecified atom stereocenters. The molecule has 0 saturated carbocycles. The summed E-state index contributed by atoms with van der Waals surface area (Å²) in [6, 6.07) is -0.224. The number of carboxylic acid groups (broad SMARTS) is 1. The summed E-state index contributed by atoms with van der Waals surface area (Å²) in [4.78, 5) is 23.9. The highest BCUT2D eigenvalue weighted by atomic mass is 16.5. The molecule has 1 heterocycles. The monoisotopic (exact) mass is 256 g/mol. The second-order valence-electron chi connectivity index (χ2n) is 4.51. The molecule has 0 radical (unpaired) electrons. The van der Waals surface area contributed by atoms with Gasteiger partial charge in [0.15, 0.2) is 0 Å². The third-order valence-electron chi connectivity index (χ3n) is 2.70. The lowest BCUT2D eigenvalue weighted by Crippen LogP contribution is -2.40. The van der Waals surface area contributed by atoms with Gasteiger partial charge in [0.25, 0.3) is 0 Å². The Balaban J connectivity index is 2.14. The van der Waals surface area contributed by atoms with Crippen molar-refractivity contribution in [1.29, 1.82) is 0 Å². The normalized spacial score (nSPS) is 18.7. The van der Waals surface area contributed by atoms with Crippen molar-refractivity contribution in [2.24, 2.45) is 5.92 Å². The third-order valence-corrected chi connectivity index (χ3v) is 2.70. The number of nitrogens with one attached hydrogen (secondary N) is 1. The maximum atomic E-state index is 11.7. The molecular formula is C12H20N2O4. The molecule has 0 aliphatic carbocycles. The van der Waals surface area contributed by atoms with Crippen molar-refractivity contribution in [1.82, 2.24) is 10.2 Å². The van der Waals surface area contributed by atoms with Crippen LogP contribution in [0, 0.1) is 5.92 Å². The number of carbonyl (C=O) groups excluding carboxylic acids is 1. The summed E-state index contributed by atoms with van der Waals surface area (Å²) < 4.78 is 5.24. The van der Waals surface area contributed by atoms with E-state index in [2.05, 4.69) is 11.9 Å². The van der Waals surface area contributed by atoms with E-state index in [1.807, 2.05) is 6.92 Å². The molecule has 1 saturated heterocycles. The minimum Gasteiger partial charge on any atom is -0.481 e. The van der Waals surface area contributed by atoms with Crippen molar-refractivity contribution in [2.45, 2.75) is 13.3 Å². The highest BCUT2D eigenvalue weighted by Crippen LogP contribution is 2.15. The van der Waals surface area contributed by atoms with Crippen LogP contribution in [0.25, 0.3) is 0 Å². The van der Waals surface area contributed by atoms with Crippen molar-refractivity contribution in [3.05, 3.63) is 12.2 Å². The molecule has 0 bridgehead atoms. The largest absolute Gasteiger partial charge is 0.481 e. The van der Waals surface area contributed by atoms with Crippen LogP contribution < -0.4 is 5.32 Å². The van der Waals surface area contributed by atoms with Crippen molar-refractivity contribution in [3.8, 4) is 0 Å². The molecule has 1 aliphatic heterocycles. The maximum absolute atomic E-state index is 11.7. The van der Waals surface area contributed by atoms with Gasteiger partial charge in [-0.25, -0.2) is 4.79 Å². The molecule has 1 aliphatic rings. The Morgan fingerprint density at radius 3 is 2.83 bits per heavy atom. The van der Waals surface area contributed by atoms with Gasteiger partial charge in [-0.15, -0.1) is 0 Å². The first-order valence-corrected chi connectivity index (χ1v) is 5.98. The van der Waals surface area contributed by atoms with E-state index in [0.29, 0.717) is 32.7 Å². The molecular weight excluding hydrogens is 236 g/mol. The second-order valence-corrected chi connectivity index (χ2v) is 4.51. The van der Waals surface area contributed by atoms with E-state index in [4.69, 9.17) is 9.84 Å². The molecule has 1 fully saturated rings. The lowest BCUT2D eigenvalue weighted by molar-refractivity contribution is -0.141. The van der Waals surface area contributed by atoms with Gasteiger partial charge in [0.2, 0.25) is 0 Å². The van der Waals surface area contributed by atoms with Crippen molar-refractivity contribution < 1.29 is 19.4 Å². The summed E-state index contributed by atoms with van der Waals surface area (Å²) in [6.07, 6.45) is 0.523. The molecule has 0 aromatic carbocycles. The Kier molecular flexibility index (Phi) is 5.64. The van der Waals surface area contributed by atoms with Gasteiger partial charge in [0.05, 0.1) is 19.1 Å². The van der Waals surface area contributed by atoms with Crippen LogP contribution in [0.2, 0.25) is 0 Å². The van der Waals surface area contributed by atoms with Crippen molar-refractivity contribution in [3.63, 3.8) is 0 Å². The summed E-state index contributed by atoms with van der Waals surface area (Å²) in [5, 5.41) is 11.5. The van der Waals surface area contributed by atoms with E-state index < -0.39 is 11.9 Å². The number of amides is 2. The fraction of sp³-hybridized carbons (Fsp3) is 0.667. The van der Waals surface area contributed by atoms with Crippen molar-refractivity contribution in [2.75, 3.05) is 32.8 Å². The third kappa shape index (κ3) is 4.75. The zero-order valence-corrected chi connectivity index (χ0v) is 10.6. The molecule has 0 spiro atoms. The minimum atomic E-state index is -0.838. The summed E-state index contributed by atoms with van der Waals surface area (Å²) in [6.45, 7) is 7.68. The number of hydrogen-bond donors (Lipinski definition) is 2. The number of aliphatic carboxylic acids is 1. The summed E-state index contributed by atoms with van der Waals surface area (Å²) in [7, 11) is 0. The van der Waals surface area contributed by atoms with E-state index in [-0.39, 0.29) is 12.6 Å². The summed E-state index contributed by atoms with van der Waals surface area (Å²) >= 11 is 0. The smallest absolute Gasteiger partial charge is 0.317 e. The van der Waals surface area contributed by atoms with E-state index in [9.17, 15) is 9.59 Å². The van der Waals surface area contributed by atoms with E-state index in [1.54, 1.807) is 0 Å². The van der Waals surface area contributed by atoms with E-state index >= 15 is 0 Å². The van der Waals surface area contributed by atoms with E-state index in [1.165, 1.54) is 4.90 Å². The number of carboxylic acids is 1. The molecule has 0 aromatic rings. The van der Waals surface area contributed by atoms with Crippen LogP contribution in [0.15, 0.2) is 12.2 Å². The highest BCUT2D eigenvalue weighted by molar-refractivity contribution is 5.77. The Bertz CT molecular complexity index is 330. The molecule has 1 rings (SSSR count). The number of ether oxygens (including phenoxy) is 1. The fourth-order valence-electron chi connectivity index (χ4n) is 1.73. The first-order valence-electron chi connectivity index (χ1n) is 5.98. The fourth-order valence-corrected chi connectivity index (χ4v) is 1.73. The van der Waals surface area contributed by atoms with Gasteiger partial charge < -0.3 is 20.1 Å². The number of hydrogen-bond acceptors (Lipinski definition) is 3. The number of likely N-dealkylation sites (tertiary alicyclic amines) is 1. The number of carbonyl (C=O) groups is 2. The van der Waals surface area contributed by atoms with Crippen LogP contribution in [0.1, 0.15) is 13.3 Å². The van der Waals surface area contributed by atoms with Crippen LogP contribution in [0.5, 0.6) is 0 Å². The Morgan fingerprint density at radius 1 is 1.56 bits per heavy atom. The first kappa shape index (κ1) is 14.5. The van der Waals surface area contributed by atoms with Gasteiger partial charge in [0.1, 0.15) is 0 Å². The van der Waals surface area contributed by atoms with E-state index in [0.717, 1.165) is 5.57 Å². The Morgan fingerprint density at radius 2 is 2.28 bits per heavy atom. The molecule has 2 N–H and O–H groups in total. The van der Waals surface area contributed by atoms with Gasteiger partial charge >= 0.3 is 12.0 Å². The first-order chi connectivity index (χ1) is 8.50. The Labute approximate surface area is 107 Å². The molecule has 18 heavy (non-hydrogen) atoms. The van der Waals surface area contributed by atoms with Crippen LogP contribution >= 0.6 is 0 Å². The predicted molar refractivity (Wildman–Crippen MR) is 66.3 cm³/mol. The van der Waals surface area contributed by atoms with Gasteiger partial charge in [-0.2, -0.15) is 0 Å². The lowest BCUT2D eigenvalue weighted by Gasteiger charge is -2.16. The average molecular weight is 256 g/mol. The zero-order valence-electron chi connectivity index (χ0n) is 10.6. The topological polar surface area (TPSA) is 78.9 Å². The molecule has 0 aromatic heterocycles. The molecule has 102 valence electrons. The molecule has 6 heteroatoms. The molecule has 6 nitrogen and oxygen atoms in total. The number of rotatable bonds is 6. The Hall–Kier alpha value is -1.56. The second kappa shape index (κ2) is 7.00. The van der Waals surface area contributed by atoms with Gasteiger partial charge in [0, 0.05) is 19.6 Å². The van der Waals surface area contributed by atoms with Gasteiger partial charge in [-0.05, 0) is 13.3 Å². The van der Waals surface area contributed by atoms with Crippen LogP contribution in [-0.4, -0.2) is 54.9 Å².